The number of rotatable bonds is 0. The fraction of sp³-hybridized carbons (Fsp3) is 0.333. The van der Waals surface area contributed by atoms with Gasteiger partial charge in [-0.3, -0.25) is 0 Å². The lowest BCUT2D eigenvalue weighted by Crippen LogP contribution is -1.94. The van der Waals surface area contributed by atoms with Gasteiger partial charge in [0.2, 0.25) is 0 Å². The second-order valence-corrected chi connectivity index (χ2v) is 2.72. The lowest BCUT2D eigenvalue weighted by molar-refractivity contribution is 0.569. The Labute approximate surface area is 64.9 Å². The summed E-state index contributed by atoms with van der Waals surface area (Å²) in [4.78, 5) is 0. The Morgan fingerprint density at radius 1 is 0.818 bits per heavy atom. The molecular formula is C9H10F2. The van der Waals surface area contributed by atoms with Crippen LogP contribution in [0.15, 0.2) is 6.07 Å². The summed E-state index contributed by atoms with van der Waals surface area (Å²) in [5.41, 5.74) is 1.76. The van der Waals surface area contributed by atoms with Gasteiger partial charge in [-0.25, -0.2) is 8.78 Å². The number of halogens is 2. The third-order valence-electron chi connectivity index (χ3n) is 2.09. The van der Waals surface area contributed by atoms with Crippen LogP contribution in [-0.2, 0) is 0 Å². The zero-order valence-corrected chi connectivity index (χ0v) is 6.83. The molecule has 0 aliphatic heterocycles. The van der Waals surface area contributed by atoms with Gasteiger partial charge in [-0.05, 0) is 37.5 Å². The van der Waals surface area contributed by atoms with E-state index in [-0.39, 0.29) is 0 Å². The molecule has 0 N–H and O–H groups in total. The molecule has 1 aromatic carbocycles. The number of hydrogen-bond acceptors (Lipinski definition) is 0. The zero-order valence-electron chi connectivity index (χ0n) is 6.83. The van der Waals surface area contributed by atoms with E-state index in [0.29, 0.717) is 16.7 Å². The van der Waals surface area contributed by atoms with Crippen molar-refractivity contribution in [1.82, 2.24) is 0 Å². The minimum atomic E-state index is -0.467. The molecule has 0 saturated carbocycles. The SMILES string of the molecule is Cc1c(F)cc(F)c(C)c1C. The summed E-state index contributed by atoms with van der Waals surface area (Å²) < 4.78 is 25.6. The van der Waals surface area contributed by atoms with Gasteiger partial charge in [-0.15, -0.1) is 0 Å². The zero-order chi connectivity index (χ0) is 8.59. The molecule has 0 heterocycles. The lowest BCUT2D eigenvalue weighted by atomic mass is 10.0. The van der Waals surface area contributed by atoms with E-state index >= 15 is 0 Å². The van der Waals surface area contributed by atoms with Crippen molar-refractivity contribution in [2.24, 2.45) is 0 Å². The molecule has 0 aromatic heterocycles. The molecule has 0 amide bonds. The van der Waals surface area contributed by atoms with Gasteiger partial charge in [0.25, 0.3) is 0 Å². The van der Waals surface area contributed by atoms with Crippen molar-refractivity contribution >= 4 is 0 Å². The van der Waals surface area contributed by atoms with Gasteiger partial charge in [-0.1, -0.05) is 0 Å². The Morgan fingerprint density at radius 2 is 1.18 bits per heavy atom. The first kappa shape index (κ1) is 8.18. The maximum atomic E-state index is 12.8. The monoisotopic (exact) mass is 156 g/mol. The fourth-order valence-electron chi connectivity index (χ4n) is 0.967. The van der Waals surface area contributed by atoms with Gasteiger partial charge in [0, 0.05) is 6.07 Å². The second kappa shape index (κ2) is 2.61. The van der Waals surface area contributed by atoms with Gasteiger partial charge < -0.3 is 0 Å². The molecule has 60 valence electrons. The summed E-state index contributed by atoms with van der Waals surface area (Å²) in [5, 5.41) is 0. The Kier molecular flexibility index (Phi) is 1.94. The van der Waals surface area contributed by atoms with E-state index in [1.165, 1.54) is 0 Å². The van der Waals surface area contributed by atoms with Crippen LogP contribution in [0.2, 0.25) is 0 Å². The van der Waals surface area contributed by atoms with Gasteiger partial charge in [-0.2, -0.15) is 0 Å². The first-order chi connectivity index (χ1) is 5.04. The largest absolute Gasteiger partial charge is 0.207 e. The highest BCUT2D eigenvalue weighted by molar-refractivity contribution is 5.34. The number of benzene rings is 1. The molecule has 0 nitrogen and oxygen atoms in total. The van der Waals surface area contributed by atoms with Gasteiger partial charge in [0.05, 0.1) is 0 Å². The van der Waals surface area contributed by atoms with E-state index in [0.717, 1.165) is 6.07 Å². The minimum absolute atomic E-state index is 0.467. The smallest absolute Gasteiger partial charge is 0.129 e. The molecule has 0 radical (unpaired) electrons. The highest BCUT2D eigenvalue weighted by Crippen LogP contribution is 2.18. The maximum absolute atomic E-state index is 12.8. The van der Waals surface area contributed by atoms with E-state index in [1.54, 1.807) is 20.8 Å². The van der Waals surface area contributed by atoms with Crippen molar-refractivity contribution in [2.75, 3.05) is 0 Å². The van der Waals surface area contributed by atoms with Gasteiger partial charge >= 0.3 is 0 Å². The third-order valence-corrected chi connectivity index (χ3v) is 2.09. The molecular weight excluding hydrogens is 146 g/mol. The predicted octanol–water partition coefficient (Wildman–Crippen LogP) is 2.89. The molecule has 0 spiro atoms. The standard InChI is InChI=1S/C9H10F2/c1-5-6(2)8(10)4-9(11)7(5)3/h4H,1-3H3. The van der Waals surface area contributed by atoms with Crippen molar-refractivity contribution in [3.63, 3.8) is 0 Å². The van der Waals surface area contributed by atoms with E-state index < -0.39 is 11.6 Å². The molecule has 0 unspecified atom stereocenters. The molecule has 1 aromatic rings. The van der Waals surface area contributed by atoms with Crippen LogP contribution < -0.4 is 0 Å². The van der Waals surface area contributed by atoms with E-state index in [4.69, 9.17) is 0 Å². The molecule has 0 aliphatic carbocycles. The van der Waals surface area contributed by atoms with Crippen LogP contribution in [0.5, 0.6) is 0 Å². The summed E-state index contributed by atoms with van der Waals surface area (Å²) in [5.74, 6) is -0.934. The van der Waals surface area contributed by atoms with Crippen LogP contribution in [0.4, 0.5) is 8.78 Å². The molecule has 0 aliphatic rings. The van der Waals surface area contributed by atoms with Gasteiger partial charge in [0.15, 0.2) is 0 Å². The third kappa shape index (κ3) is 1.25. The van der Waals surface area contributed by atoms with Crippen LogP contribution in [0.25, 0.3) is 0 Å². The van der Waals surface area contributed by atoms with Crippen LogP contribution in [0, 0.1) is 32.4 Å². The summed E-state index contributed by atoms with van der Waals surface area (Å²) in [7, 11) is 0. The summed E-state index contributed by atoms with van der Waals surface area (Å²) in [6.45, 7) is 5.02. The fourth-order valence-corrected chi connectivity index (χ4v) is 0.967. The molecule has 0 atom stereocenters. The maximum Gasteiger partial charge on any atom is 0.129 e. The van der Waals surface area contributed by atoms with E-state index in [2.05, 4.69) is 0 Å². The number of hydrogen-bond donors (Lipinski definition) is 0. The van der Waals surface area contributed by atoms with Crippen molar-refractivity contribution < 1.29 is 8.78 Å². The van der Waals surface area contributed by atoms with Crippen LogP contribution in [0.3, 0.4) is 0 Å². The molecule has 11 heavy (non-hydrogen) atoms. The highest BCUT2D eigenvalue weighted by Gasteiger charge is 2.07. The highest BCUT2D eigenvalue weighted by atomic mass is 19.1. The summed E-state index contributed by atoms with van der Waals surface area (Å²) in [6.07, 6.45) is 0. The Hall–Kier alpha value is -0.920. The van der Waals surface area contributed by atoms with Crippen LogP contribution in [-0.4, -0.2) is 0 Å². The van der Waals surface area contributed by atoms with Crippen molar-refractivity contribution in [2.45, 2.75) is 20.8 Å². The lowest BCUT2D eigenvalue weighted by Gasteiger charge is -2.05. The van der Waals surface area contributed by atoms with Crippen molar-refractivity contribution in [3.05, 3.63) is 34.4 Å². The van der Waals surface area contributed by atoms with Crippen LogP contribution >= 0.6 is 0 Å². The molecule has 0 fully saturated rings. The molecule has 1 rings (SSSR count). The topological polar surface area (TPSA) is 0 Å². The first-order valence-corrected chi connectivity index (χ1v) is 3.46. The van der Waals surface area contributed by atoms with Gasteiger partial charge in [0.1, 0.15) is 11.6 Å². The van der Waals surface area contributed by atoms with Crippen molar-refractivity contribution in [1.29, 1.82) is 0 Å². The summed E-state index contributed by atoms with van der Waals surface area (Å²) >= 11 is 0. The Balaban J connectivity index is 3.46. The quantitative estimate of drug-likeness (QED) is 0.541. The van der Waals surface area contributed by atoms with Crippen LogP contribution in [0.1, 0.15) is 16.7 Å². The average Bonchev–Trinajstić information content (AvgIpc) is 1.97. The molecule has 2 heteroatoms. The minimum Gasteiger partial charge on any atom is -0.207 e. The van der Waals surface area contributed by atoms with E-state index in [1.807, 2.05) is 0 Å². The normalized spacial score (nSPS) is 10.3. The second-order valence-electron chi connectivity index (χ2n) is 2.72. The average molecular weight is 156 g/mol. The summed E-state index contributed by atoms with van der Waals surface area (Å²) in [6, 6.07) is 0.928. The van der Waals surface area contributed by atoms with E-state index in [9.17, 15) is 8.78 Å². The first-order valence-electron chi connectivity index (χ1n) is 3.46. The Morgan fingerprint density at radius 3 is 1.55 bits per heavy atom. The van der Waals surface area contributed by atoms with Crippen molar-refractivity contribution in [3.8, 4) is 0 Å². The Bertz CT molecular complexity index is 264. The molecule has 0 saturated heterocycles. The predicted molar refractivity (Wildman–Crippen MR) is 40.6 cm³/mol. The molecule has 0 bridgehead atoms.